The Bertz CT molecular complexity index is 105. The highest BCUT2D eigenvalue weighted by Crippen LogP contribution is 1.80. The molecule has 0 atom stereocenters. The summed E-state index contributed by atoms with van der Waals surface area (Å²) >= 11 is 0. The van der Waals surface area contributed by atoms with Gasteiger partial charge < -0.3 is 0 Å². The average molecular weight is 112 g/mol. The Morgan fingerprint density at radius 2 is 2.50 bits per heavy atom. The predicted octanol–water partition coefficient (Wildman–Crippen LogP) is 0.336. The molecule has 0 unspecified atom stereocenters. The Morgan fingerprint density at radius 1 is 1.88 bits per heavy atom. The zero-order valence-corrected chi connectivity index (χ0v) is 4.79. The molecule has 0 saturated carbocycles. The molecule has 0 spiro atoms. The number of amides is 1. The molecule has 0 aliphatic rings. The highest BCUT2D eigenvalue weighted by atomic mass is 16.1. The molecule has 0 aromatic heterocycles. The van der Waals surface area contributed by atoms with E-state index in [1.54, 1.807) is 6.19 Å². The van der Waals surface area contributed by atoms with Crippen LogP contribution in [0.3, 0.4) is 0 Å². The van der Waals surface area contributed by atoms with Crippen molar-refractivity contribution in [2.75, 3.05) is 6.54 Å². The molecule has 0 rings (SSSR count). The molecule has 0 bridgehead atoms. The Hall–Kier alpha value is -1.04. The van der Waals surface area contributed by atoms with Crippen molar-refractivity contribution in [3.8, 4) is 6.19 Å². The normalized spacial score (nSPS) is 7.50. The van der Waals surface area contributed by atoms with Crippen molar-refractivity contribution in [1.29, 1.82) is 5.26 Å². The molecule has 1 amide bonds. The van der Waals surface area contributed by atoms with E-state index in [-0.39, 0.29) is 0 Å². The summed E-state index contributed by atoms with van der Waals surface area (Å²) in [7, 11) is 0. The largest absolute Gasteiger partial charge is 0.278 e. The van der Waals surface area contributed by atoms with Crippen molar-refractivity contribution in [2.24, 2.45) is 0 Å². The van der Waals surface area contributed by atoms with Crippen LogP contribution < -0.4 is 0 Å². The van der Waals surface area contributed by atoms with Crippen molar-refractivity contribution in [3.63, 3.8) is 0 Å². The van der Waals surface area contributed by atoms with E-state index >= 15 is 0 Å². The smallest absolute Gasteiger partial charge is 0.222 e. The van der Waals surface area contributed by atoms with Gasteiger partial charge in [0.1, 0.15) is 0 Å². The Morgan fingerprint density at radius 3 is 2.62 bits per heavy atom. The molecular weight excluding hydrogens is 104 g/mol. The van der Waals surface area contributed by atoms with Gasteiger partial charge in [-0.1, -0.05) is 6.92 Å². The number of hydrogen-bond donors (Lipinski definition) is 0. The maximum absolute atomic E-state index is 9.83. The molecule has 0 aromatic carbocycles. The Kier molecular flexibility index (Phi) is 3.59. The van der Waals surface area contributed by atoms with Gasteiger partial charge in [-0.3, -0.25) is 9.69 Å². The lowest BCUT2D eigenvalue weighted by Crippen LogP contribution is -2.15. The first-order chi connectivity index (χ1) is 3.85. The summed E-state index contributed by atoms with van der Waals surface area (Å²) in [6, 6.07) is 0. The molecule has 0 radical (unpaired) electrons. The van der Waals surface area contributed by atoms with E-state index < -0.39 is 0 Å². The number of nitriles is 1. The van der Waals surface area contributed by atoms with Crippen LogP contribution in [0.4, 0.5) is 0 Å². The highest BCUT2D eigenvalue weighted by molar-refractivity contribution is 5.49. The third-order valence-electron chi connectivity index (χ3n) is 0.720. The van der Waals surface area contributed by atoms with Gasteiger partial charge in [-0.15, -0.1) is 0 Å². The minimum absolute atomic E-state index is 0.528. The van der Waals surface area contributed by atoms with Crippen molar-refractivity contribution < 1.29 is 4.79 Å². The second-order valence-corrected chi connectivity index (χ2v) is 1.40. The van der Waals surface area contributed by atoms with Crippen LogP contribution >= 0.6 is 0 Å². The van der Waals surface area contributed by atoms with Crippen LogP contribution in [0.25, 0.3) is 0 Å². The fourth-order valence-corrected chi connectivity index (χ4v) is 0.367. The first-order valence-corrected chi connectivity index (χ1v) is 2.46. The fraction of sp³-hybridized carbons (Fsp3) is 0.600. The van der Waals surface area contributed by atoms with Crippen LogP contribution in [-0.2, 0) is 4.79 Å². The topological polar surface area (TPSA) is 44.1 Å². The molecule has 0 aliphatic carbocycles. The maximum atomic E-state index is 9.83. The maximum Gasteiger partial charge on any atom is 0.222 e. The standard InChI is InChI=1S/C5H8N2O/c1-2-3-7(4-6)5-8/h5H,2-3H2,1H3. The summed E-state index contributed by atoms with van der Waals surface area (Å²) < 4.78 is 0. The fourth-order valence-electron chi connectivity index (χ4n) is 0.367. The van der Waals surface area contributed by atoms with Gasteiger partial charge in [-0.2, -0.15) is 5.26 Å². The van der Waals surface area contributed by atoms with Gasteiger partial charge in [0.2, 0.25) is 6.41 Å². The summed E-state index contributed by atoms with van der Waals surface area (Å²) in [4.78, 5) is 10.9. The monoisotopic (exact) mass is 112 g/mol. The molecule has 0 aromatic rings. The van der Waals surface area contributed by atoms with Crippen molar-refractivity contribution in [3.05, 3.63) is 0 Å². The highest BCUT2D eigenvalue weighted by Gasteiger charge is 1.92. The van der Waals surface area contributed by atoms with E-state index in [0.29, 0.717) is 13.0 Å². The Balaban J connectivity index is 3.40. The number of rotatable bonds is 3. The predicted molar refractivity (Wildman–Crippen MR) is 28.7 cm³/mol. The van der Waals surface area contributed by atoms with Crippen molar-refractivity contribution in [2.45, 2.75) is 13.3 Å². The minimum atomic E-state index is 0.528. The molecule has 0 aliphatic heterocycles. The summed E-state index contributed by atoms with van der Waals surface area (Å²) in [5.41, 5.74) is 0. The molecule has 0 N–H and O–H groups in total. The average Bonchev–Trinajstić information content (AvgIpc) is 1.83. The lowest BCUT2D eigenvalue weighted by molar-refractivity contribution is -0.115. The third kappa shape index (κ3) is 2.19. The van der Waals surface area contributed by atoms with Gasteiger partial charge >= 0.3 is 0 Å². The van der Waals surface area contributed by atoms with Crippen molar-refractivity contribution in [1.82, 2.24) is 4.90 Å². The number of hydrogen-bond acceptors (Lipinski definition) is 2. The second kappa shape index (κ2) is 4.13. The summed E-state index contributed by atoms with van der Waals surface area (Å²) in [5.74, 6) is 0. The number of carbonyl (C=O) groups excluding carboxylic acids is 1. The molecule has 3 heteroatoms. The van der Waals surface area contributed by atoms with Crippen molar-refractivity contribution >= 4 is 6.41 Å². The zero-order valence-electron chi connectivity index (χ0n) is 4.79. The molecule has 0 fully saturated rings. The van der Waals surface area contributed by atoms with Crippen LogP contribution in [0.2, 0.25) is 0 Å². The minimum Gasteiger partial charge on any atom is -0.278 e. The van der Waals surface area contributed by atoms with Crippen LogP contribution in [-0.4, -0.2) is 17.9 Å². The van der Waals surface area contributed by atoms with E-state index in [4.69, 9.17) is 5.26 Å². The summed E-state index contributed by atoms with van der Waals surface area (Å²) in [6.45, 7) is 2.44. The molecule has 44 valence electrons. The lowest BCUT2D eigenvalue weighted by Gasteiger charge is -2.00. The zero-order chi connectivity index (χ0) is 6.41. The van der Waals surface area contributed by atoms with E-state index in [0.717, 1.165) is 11.3 Å². The quantitative estimate of drug-likeness (QED) is 0.300. The van der Waals surface area contributed by atoms with Crippen LogP contribution in [0, 0.1) is 11.5 Å². The first kappa shape index (κ1) is 6.96. The Labute approximate surface area is 48.5 Å². The van der Waals surface area contributed by atoms with E-state index in [1.807, 2.05) is 6.92 Å². The van der Waals surface area contributed by atoms with Crippen LogP contribution in [0.1, 0.15) is 13.3 Å². The summed E-state index contributed by atoms with van der Waals surface area (Å²) in [6.07, 6.45) is 3.07. The van der Waals surface area contributed by atoms with E-state index in [2.05, 4.69) is 0 Å². The SMILES string of the molecule is CCCN(C#N)C=O. The van der Waals surface area contributed by atoms with Crippen LogP contribution in [0.15, 0.2) is 0 Å². The van der Waals surface area contributed by atoms with Gasteiger partial charge in [0.05, 0.1) is 0 Å². The lowest BCUT2D eigenvalue weighted by atomic mass is 10.5. The molecule has 3 nitrogen and oxygen atoms in total. The molecule has 8 heavy (non-hydrogen) atoms. The molecule has 0 saturated heterocycles. The van der Waals surface area contributed by atoms with Crippen LogP contribution in [0.5, 0.6) is 0 Å². The second-order valence-electron chi connectivity index (χ2n) is 1.40. The van der Waals surface area contributed by atoms with Gasteiger partial charge in [0.25, 0.3) is 0 Å². The van der Waals surface area contributed by atoms with Gasteiger partial charge in [-0.05, 0) is 6.42 Å². The third-order valence-corrected chi connectivity index (χ3v) is 0.720. The summed E-state index contributed by atoms with van der Waals surface area (Å²) in [5, 5.41) is 8.10. The van der Waals surface area contributed by atoms with E-state index in [9.17, 15) is 4.79 Å². The van der Waals surface area contributed by atoms with Gasteiger partial charge in [0.15, 0.2) is 6.19 Å². The number of carbonyl (C=O) groups is 1. The van der Waals surface area contributed by atoms with Gasteiger partial charge in [0, 0.05) is 6.54 Å². The number of nitrogens with zero attached hydrogens (tertiary/aromatic N) is 2. The molecule has 0 heterocycles. The van der Waals surface area contributed by atoms with E-state index in [1.165, 1.54) is 0 Å². The van der Waals surface area contributed by atoms with Gasteiger partial charge in [-0.25, -0.2) is 0 Å². The first-order valence-electron chi connectivity index (χ1n) is 2.46. The molecular formula is C5H8N2O.